The van der Waals surface area contributed by atoms with E-state index in [2.05, 4.69) is 17.1 Å². The van der Waals surface area contributed by atoms with Crippen LogP contribution in [-0.2, 0) is 4.79 Å². The van der Waals surface area contributed by atoms with Crippen molar-refractivity contribution >= 4 is 11.7 Å². The molecule has 1 heterocycles. The van der Waals surface area contributed by atoms with E-state index in [-0.39, 0.29) is 0 Å². The van der Waals surface area contributed by atoms with E-state index in [4.69, 9.17) is 0 Å². The zero-order chi connectivity index (χ0) is 15.3. The highest BCUT2D eigenvalue weighted by Gasteiger charge is 2.40. The average molecular weight is 290 g/mol. The summed E-state index contributed by atoms with van der Waals surface area (Å²) in [6, 6.07) is 7.90. The summed E-state index contributed by atoms with van der Waals surface area (Å²) >= 11 is 0. The molecule has 0 amide bonds. The summed E-state index contributed by atoms with van der Waals surface area (Å²) in [5.74, 6) is -0.732. The number of carboxylic acids is 1. The van der Waals surface area contributed by atoms with Crippen molar-refractivity contribution in [3.8, 4) is 0 Å². The molecule has 0 bridgehead atoms. The lowest BCUT2D eigenvalue weighted by Gasteiger charge is -2.31. The van der Waals surface area contributed by atoms with E-state index >= 15 is 0 Å². The Bertz CT molecular complexity index is 489. The van der Waals surface area contributed by atoms with Crippen LogP contribution in [0.25, 0.3) is 0 Å². The number of para-hydroxylation sites is 1. The first-order valence-electron chi connectivity index (χ1n) is 7.87. The van der Waals surface area contributed by atoms with E-state index in [0.29, 0.717) is 12.8 Å². The van der Waals surface area contributed by atoms with Gasteiger partial charge >= 0.3 is 5.97 Å². The Hall–Kier alpha value is -1.55. The number of carbonyl (C=O) groups is 1. The van der Waals surface area contributed by atoms with Crippen LogP contribution < -0.4 is 5.32 Å². The fourth-order valence-electron chi connectivity index (χ4n) is 3.09. The molecule has 0 spiro atoms. The van der Waals surface area contributed by atoms with Gasteiger partial charge in [-0.2, -0.15) is 0 Å². The summed E-state index contributed by atoms with van der Waals surface area (Å²) in [5, 5.41) is 13.1. The number of hydrogen-bond acceptors (Lipinski definition) is 3. The first kappa shape index (κ1) is 15.8. The highest BCUT2D eigenvalue weighted by atomic mass is 16.4. The predicted octanol–water partition coefficient (Wildman–Crippen LogP) is 3.13. The molecule has 1 aromatic carbocycles. The van der Waals surface area contributed by atoms with Crippen LogP contribution in [0.5, 0.6) is 0 Å². The Kier molecular flexibility index (Phi) is 5.23. The Morgan fingerprint density at radius 2 is 2.10 bits per heavy atom. The van der Waals surface area contributed by atoms with E-state index in [1.54, 1.807) is 0 Å². The molecule has 2 rings (SSSR count). The van der Waals surface area contributed by atoms with Crippen LogP contribution in [0.2, 0.25) is 0 Å². The van der Waals surface area contributed by atoms with Crippen molar-refractivity contribution in [1.82, 2.24) is 4.90 Å². The highest BCUT2D eigenvalue weighted by molar-refractivity contribution is 5.83. The van der Waals surface area contributed by atoms with Crippen LogP contribution in [0, 0.1) is 6.92 Å². The molecule has 0 radical (unpaired) electrons. The predicted molar refractivity (Wildman–Crippen MR) is 85.8 cm³/mol. The zero-order valence-electron chi connectivity index (χ0n) is 13.1. The molecule has 1 atom stereocenters. The number of nitrogens with one attached hydrogen (secondary N) is 1. The monoisotopic (exact) mass is 290 g/mol. The molecule has 1 unspecified atom stereocenters. The Labute approximate surface area is 127 Å². The number of anilines is 1. The first-order valence-corrected chi connectivity index (χ1v) is 7.87. The lowest BCUT2D eigenvalue weighted by atomic mass is 9.90. The van der Waals surface area contributed by atoms with Gasteiger partial charge in [-0.25, -0.2) is 4.79 Å². The maximum Gasteiger partial charge on any atom is 0.329 e. The van der Waals surface area contributed by atoms with E-state index < -0.39 is 11.5 Å². The Morgan fingerprint density at radius 1 is 1.33 bits per heavy atom. The molecule has 4 heteroatoms. The van der Waals surface area contributed by atoms with Gasteiger partial charge in [-0.1, -0.05) is 25.1 Å². The lowest BCUT2D eigenvalue weighted by molar-refractivity contribution is -0.142. The van der Waals surface area contributed by atoms with Crippen LogP contribution >= 0.6 is 0 Å². The zero-order valence-corrected chi connectivity index (χ0v) is 13.1. The third-order valence-electron chi connectivity index (χ3n) is 4.40. The van der Waals surface area contributed by atoms with E-state index in [1.807, 2.05) is 31.2 Å². The molecule has 0 saturated carbocycles. The van der Waals surface area contributed by atoms with Crippen molar-refractivity contribution in [3.05, 3.63) is 29.8 Å². The maximum atomic E-state index is 11.9. The fourth-order valence-corrected chi connectivity index (χ4v) is 3.09. The average Bonchev–Trinajstić information content (AvgIpc) is 2.66. The topological polar surface area (TPSA) is 52.6 Å². The summed E-state index contributed by atoms with van der Waals surface area (Å²) in [6.45, 7) is 7.08. The van der Waals surface area contributed by atoms with Gasteiger partial charge < -0.3 is 15.3 Å². The number of benzene rings is 1. The van der Waals surface area contributed by atoms with Crippen molar-refractivity contribution in [2.45, 2.75) is 45.1 Å². The summed E-state index contributed by atoms with van der Waals surface area (Å²) < 4.78 is 0. The number of hydrogen-bond donors (Lipinski definition) is 2. The number of rotatable bonds is 5. The summed E-state index contributed by atoms with van der Waals surface area (Å²) in [4.78, 5) is 14.3. The second kappa shape index (κ2) is 6.94. The molecule has 1 aliphatic heterocycles. The van der Waals surface area contributed by atoms with Crippen molar-refractivity contribution in [2.24, 2.45) is 0 Å². The second-order valence-electron chi connectivity index (χ2n) is 6.02. The summed E-state index contributed by atoms with van der Waals surface area (Å²) in [6.07, 6.45) is 3.37. The number of likely N-dealkylation sites (tertiary alicyclic amines) is 1. The summed E-state index contributed by atoms with van der Waals surface area (Å²) in [5.41, 5.74) is 1.19. The van der Waals surface area contributed by atoms with Gasteiger partial charge in [0.2, 0.25) is 0 Å². The molecule has 1 aliphatic rings. The molecule has 1 saturated heterocycles. The van der Waals surface area contributed by atoms with Crippen LogP contribution in [0.1, 0.15) is 38.2 Å². The van der Waals surface area contributed by atoms with Crippen molar-refractivity contribution in [2.75, 3.05) is 25.0 Å². The standard InChI is InChI=1S/C17H26N2O2/c1-3-11-19-12-6-9-17(10-13-19,16(20)21)18-15-8-5-4-7-14(15)2/h4-5,7-8,18H,3,6,9-13H2,1-2H3,(H,20,21). The molecule has 21 heavy (non-hydrogen) atoms. The van der Waals surface area contributed by atoms with Gasteiger partial charge in [-0.05, 0) is 57.3 Å². The Morgan fingerprint density at radius 3 is 2.76 bits per heavy atom. The van der Waals surface area contributed by atoms with Gasteiger partial charge in [0.25, 0.3) is 0 Å². The van der Waals surface area contributed by atoms with Crippen molar-refractivity contribution in [3.63, 3.8) is 0 Å². The number of aryl methyl sites for hydroxylation is 1. The molecular formula is C17H26N2O2. The van der Waals surface area contributed by atoms with E-state index in [0.717, 1.165) is 43.7 Å². The van der Waals surface area contributed by atoms with E-state index in [9.17, 15) is 9.90 Å². The molecule has 0 aromatic heterocycles. The quantitative estimate of drug-likeness (QED) is 0.875. The van der Waals surface area contributed by atoms with Crippen LogP contribution in [-0.4, -0.2) is 41.1 Å². The fraction of sp³-hybridized carbons (Fsp3) is 0.588. The number of nitrogens with zero attached hydrogens (tertiary/aromatic N) is 1. The minimum absolute atomic E-state index is 0.649. The molecule has 0 aliphatic carbocycles. The molecule has 116 valence electrons. The molecule has 4 nitrogen and oxygen atoms in total. The molecule has 1 fully saturated rings. The van der Waals surface area contributed by atoms with E-state index in [1.165, 1.54) is 0 Å². The largest absolute Gasteiger partial charge is 0.480 e. The van der Waals surface area contributed by atoms with Gasteiger partial charge in [-0.15, -0.1) is 0 Å². The van der Waals surface area contributed by atoms with Gasteiger partial charge in [0.1, 0.15) is 5.54 Å². The Balaban J connectivity index is 2.17. The first-order chi connectivity index (χ1) is 10.1. The van der Waals surface area contributed by atoms with Gasteiger partial charge in [0.05, 0.1) is 0 Å². The number of carboxylic acid groups (broad SMARTS) is 1. The third kappa shape index (κ3) is 3.76. The minimum atomic E-state index is -0.839. The van der Waals surface area contributed by atoms with Gasteiger partial charge in [0, 0.05) is 12.2 Å². The molecule has 1 aromatic rings. The SMILES string of the molecule is CCCN1CCCC(Nc2ccccc2C)(C(=O)O)CC1. The van der Waals surface area contributed by atoms with Crippen molar-refractivity contribution in [1.29, 1.82) is 0 Å². The smallest absolute Gasteiger partial charge is 0.329 e. The number of aliphatic carboxylic acids is 1. The highest BCUT2D eigenvalue weighted by Crippen LogP contribution is 2.29. The van der Waals surface area contributed by atoms with Crippen molar-refractivity contribution < 1.29 is 9.90 Å². The van der Waals surface area contributed by atoms with Crippen LogP contribution in [0.4, 0.5) is 5.69 Å². The molecular weight excluding hydrogens is 264 g/mol. The normalized spacial score (nSPS) is 23.5. The van der Waals surface area contributed by atoms with Gasteiger partial charge in [-0.3, -0.25) is 0 Å². The minimum Gasteiger partial charge on any atom is -0.480 e. The third-order valence-corrected chi connectivity index (χ3v) is 4.40. The van der Waals surface area contributed by atoms with Crippen LogP contribution in [0.3, 0.4) is 0 Å². The van der Waals surface area contributed by atoms with Gasteiger partial charge in [0.15, 0.2) is 0 Å². The molecule has 2 N–H and O–H groups in total. The second-order valence-corrected chi connectivity index (χ2v) is 6.02. The van der Waals surface area contributed by atoms with Crippen LogP contribution in [0.15, 0.2) is 24.3 Å². The maximum absolute atomic E-state index is 11.9. The summed E-state index contributed by atoms with van der Waals surface area (Å²) in [7, 11) is 0. The lowest BCUT2D eigenvalue weighted by Crippen LogP contribution is -2.47.